The van der Waals surface area contributed by atoms with Crippen molar-refractivity contribution in [1.29, 1.82) is 0 Å². The van der Waals surface area contributed by atoms with Gasteiger partial charge < -0.3 is 23.9 Å². The monoisotopic (exact) mass is 459 g/mol. The van der Waals surface area contributed by atoms with Crippen molar-refractivity contribution < 1.29 is 28.6 Å². The number of hydrogen-bond acceptors (Lipinski definition) is 6. The molecule has 174 valence electrons. The van der Waals surface area contributed by atoms with Gasteiger partial charge in [0.05, 0.1) is 18.9 Å². The predicted octanol–water partition coefficient (Wildman–Crippen LogP) is 4.28. The van der Waals surface area contributed by atoms with Gasteiger partial charge in [-0.15, -0.1) is 0 Å². The lowest BCUT2D eigenvalue weighted by atomic mass is 9.97. The van der Waals surface area contributed by atoms with Crippen LogP contribution in [-0.4, -0.2) is 41.5 Å². The minimum Gasteiger partial charge on any atom is -0.507 e. The standard InChI is InChI=1S/C27H25NO6/c1-16-14-19-15-18(7-10-21(19)34-16)25(29)23-24(22-4-3-13-33-22)28(27(31)26(23)30)12-11-17-5-8-20(32-2)9-6-17/h3-10,13,15-16,24,29H,11-12,14H2,1-2H3/b25-23-. The number of fused-ring (bicyclic) bond motifs is 1. The molecule has 2 unspecified atom stereocenters. The van der Waals surface area contributed by atoms with Crippen LogP contribution in [0, 0.1) is 0 Å². The maximum absolute atomic E-state index is 13.1. The zero-order valence-corrected chi connectivity index (χ0v) is 19.0. The summed E-state index contributed by atoms with van der Waals surface area (Å²) >= 11 is 0. The van der Waals surface area contributed by atoms with Crippen molar-refractivity contribution in [3.8, 4) is 11.5 Å². The zero-order valence-electron chi connectivity index (χ0n) is 19.0. The molecule has 1 N–H and O–H groups in total. The Morgan fingerprint density at radius 3 is 2.65 bits per heavy atom. The molecule has 1 amide bonds. The van der Waals surface area contributed by atoms with Gasteiger partial charge in [0, 0.05) is 18.5 Å². The fourth-order valence-corrected chi connectivity index (χ4v) is 4.62. The van der Waals surface area contributed by atoms with E-state index in [-0.39, 0.29) is 24.0 Å². The number of aliphatic hydroxyl groups is 1. The molecule has 1 aromatic heterocycles. The largest absolute Gasteiger partial charge is 0.507 e. The van der Waals surface area contributed by atoms with Gasteiger partial charge >= 0.3 is 0 Å². The molecule has 1 saturated heterocycles. The molecule has 0 radical (unpaired) electrons. The quantitative estimate of drug-likeness (QED) is 0.336. The molecule has 5 rings (SSSR count). The molecule has 7 heteroatoms. The van der Waals surface area contributed by atoms with Gasteiger partial charge in [0.1, 0.15) is 35.2 Å². The van der Waals surface area contributed by atoms with E-state index in [1.54, 1.807) is 31.4 Å². The molecule has 0 aliphatic carbocycles. The number of amides is 1. The van der Waals surface area contributed by atoms with Crippen LogP contribution in [0.4, 0.5) is 0 Å². The van der Waals surface area contributed by atoms with E-state index in [1.165, 1.54) is 11.2 Å². The average molecular weight is 459 g/mol. The lowest BCUT2D eigenvalue weighted by molar-refractivity contribution is -0.140. The Bertz CT molecular complexity index is 1260. The van der Waals surface area contributed by atoms with E-state index in [1.807, 2.05) is 37.3 Å². The summed E-state index contributed by atoms with van der Waals surface area (Å²) < 4.78 is 16.5. The molecule has 0 saturated carbocycles. The van der Waals surface area contributed by atoms with Crippen LogP contribution >= 0.6 is 0 Å². The Morgan fingerprint density at radius 1 is 1.15 bits per heavy atom. The van der Waals surface area contributed by atoms with Gasteiger partial charge in [0.2, 0.25) is 0 Å². The molecule has 2 aliphatic heterocycles. The number of ketones is 1. The summed E-state index contributed by atoms with van der Waals surface area (Å²) in [6, 6.07) is 15.5. The Balaban J connectivity index is 1.50. The molecular weight excluding hydrogens is 434 g/mol. The topological polar surface area (TPSA) is 89.2 Å². The van der Waals surface area contributed by atoms with Gasteiger partial charge in [-0.3, -0.25) is 9.59 Å². The van der Waals surface area contributed by atoms with Crippen molar-refractivity contribution in [1.82, 2.24) is 4.90 Å². The minimum atomic E-state index is -0.809. The highest BCUT2D eigenvalue weighted by Crippen LogP contribution is 2.40. The molecule has 0 bridgehead atoms. The second-order valence-corrected chi connectivity index (χ2v) is 8.56. The number of benzene rings is 2. The van der Waals surface area contributed by atoms with Crippen molar-refractivity contribution in [2.24, 2.45) is 0 Å². The number of hydrogen-bond donors (Lipinski definition) is 1. The number of ether oxygens (including phenoxy) is 2. The van der Waals surface area contributed by atoms with Crippen molar-refractivity contribution in [2.45, 2.75) is 31.9 Å². The molecule has 2 aliphatic rings. The van der Waals surface area contributed by atoms with Crippen LogP contribution in [0.3, 0.4) is 0 Å². The summed E-state index contributed by atoms with van der Waals surface area (Å²) in [5.74, 6) is 0.344. The van der Waals surface area contributed by atoms with Crippen molar-refractivity contribution in [3.63, 3.8) is 0 Å². The summed E-state index contributed by atoms with van der Waals surface area (Å²) in [6.45, 7) is 2.26. The first kappa shape index (κ1) is 21.8. The molecule has 2 atom stereocenters. The van der Waals surface area contributed by atoms with Crippen LogP contribution in [0.5, 0.6) is 11.5 Å². The van der Waals surface area contributed by atoms with Crippen LogP contribution in [0.1, 0.15) is 35.4 Å². The number of rotatable bonds is 6. The van der Waals surface area contributed by atoms with E-state index in [9.17, 15) is 14.7 Å². The van der Waals surface area contributed by atoms with E-state index in [2.05, 4.69) is 0 Å². The van der Waals surface area contributed by atoms with E-state index in [0.717, 1.165) is 22.6 Å². The molecule has 2 aromatic carbocycles. The Hall–Kier alpha value is -4.00. The average Bonchev–Trinajstić information content (AvgIpc) is 3.56. The third kappa shape index (κ3) is 3.83. The van der Waals surface area contributed by atoms with Crippen LogP contribution in [0.25, 0.3) is 5.76 Å². The molecule has 1 fully saturated rings. The first-order valence-corrected chi connectivity index (χ1v) is 11.2. The first-order chi connectivity index (χ1) is 16.5. The van der Waals surface area contributed by atoms with Gasteiger partial charge in [0.15, 0.2) is 0 Å². The lowest BCUT2D eigenvalue weighted by Crippen LogP contribution is -2.31. The van der Waals surface area contributed by atoms with Crippen molar-refractivity contribution in [2.75, 3.05) is 13.7 Å². The van der Waals surface area contributed by atoms with Crippen LogP contribution in [-0.2, 0) is 22.4 Å². The van der Waals surface area contributed by atoms with Gasteiger partial charge in [0.25, 0.3) is 11.7 Å². The maximum atomic E-state index is 13.1. The van der Waals surface area contributed by atoms with Gasteiger partial charge in [-0.1, -0.05) is 12.1 Å². The molecule has 0 spiro atoms. The summed E-state index contributed by atoms with van der Waals surface area (Å²) in [5.41, 5.74) is 2.45. The number of likely N-dealkylation sites (tertiary alicyclic amines) is 1. The summed E-state index contributed by atoms with van der Waals surface area (Å²) in [4.78, 5) is 27.7. The predicted molar refractivity (Wildman–Crippen MR) is 125 cm³/mol. The molecule has 7 nitrogen and oxygen atoms in total. The number of carbonyl (C=O) groups excluding carboxylic acids is 2. The Labute approximate surface area is 197 Å². The van der Waals surface area contributed by atoms with Gasteiger partial charge in [-0.25, -0.2) is 0 Å². The van der Waals surface area contributed by atoms with Gasteiger partial charge in [-0.2, -0.15) is 0 Å². The van der Waals surface area contributed by atoms with Crippen LogP contribution in [0.2, 0.25) is 0 Å². The highest BCUT2D eigenvalue weighted by atomic mass is 16.5. The second-order valence-electron chi connectivity index (χ2n) is 8.56. The number of Topliss-reactive ketones (excluding diaryl/α,β-unsaturated/α-hetero) is 1. The van der Waals surface area contributed by atoms with Crippen LogP contribution in [0.15, 0.2) is 70.9 Å². The summed E-state index contributed by atoms with van der Waals surface area (Å²) in [5, 5.41) is 11.2. The third-order valence-corrected chi connectivity index (χ3v) is 6.32. The second kappa shape index (κ2) is 8.74. The van der Waals surface area contributed by atoms with Crippen molar-refractivity contribution >= 4 is 17.4 Å². The fraction of sp³-hybridized carbons (Fsp3) is 0.259. The number of aliphatic hydroxyl groups excluding tert-OH is 1. The van der Waals surface area contributed by atoms with Crippen molar-refractivity contribution in [3.05, 3.63) is 88.9 Å². The number of carbonyl (C=O) groups is 2. The molecule has 34 heavy (non-hydrogen) atoms. The molecule has 3 heterocycles. The van der Waals surface area contributed by atoms with Crippen LogP contribution < -0.4 is 9.47 Å². The highest BCUT2D eigenvalue weighted by Gasteiger charge is 2.47. The number of methoxy groups -OCH3 is 1. The normalized spacial score (nSPS) is 20.9. The Kier molecular flexibility index (Phi) is 5.61. The summed E-state index contributed by atoms with van der Waals surface area (Å²) in [6.07, 6.45) is 2.79. The van der Waals surface area contributed by atoms with E-state index in [4.69, 9.17) is 13.9 Å². The van der Waals surface area contributed by atoms with Gasteiger partial charge in [-0.05, 0) is 66.9 Å². The zero-order chi connectivity index (χ0) is 23.8. The summed E-state index contributed by atoms with van der Waals surface area (Å²) in [7, 11) is 1.60. The smallest absolute Gasteiger partial charge is 0.295 e. The van der Waals surface area contributed by atoms with E-state index >= 15 is 0 Å². The lowest BCUT2D eigenvalue weighted by Gasteiger charge is -2.23. The maximum Gasteiger partial charge on any atom is 0.295 e. The Morgan fingerprint density at radius 2 is 1.94 bits per heavy atom. The third-order valence-electron chi connectivity index (χ3n) is 6.32. The van der Waals surface area contributed by atoms with E-state index < -0.39 is 17.7 Å². The fourth-order valence-electron chi connectivity index (χ4n) is 4.62. The highest BCUT2D eigenvalue weighted by molar-refractivity contribution is 6.46. The number of furan rings is 1. The van der Waals surface area contributed by atoms with E-state index in [0.29, 0.717) is 24.2 Å². The SMILES string of the molecule is COc1ccc(CCN2C(=O)C(=O)/C(=C(\O)c3ccc4c(c3)CC(C)O4)C2c2ccco2)cc1. The molecule has 3 aromatic rings. The number of nitrogens with zero attached hydrogens (tertiary/aromatic N) is 1. The molecular formula is C27H25NO6. The minimum absolute atomic E-state index is 0.0293. The first-order valence-electron chi connectivity index (χ1n) is 11.2.